The number of benzene rings is 1. The van der Waals surface area contributed by atoms with Gasteiger partial charge in [-0.05, 0) is 36.1 Å². The Labute approximate surface area is 113 Å². The minimum Gasteiger partial charge on any atom is -0.271 e. The quantitative estimate of drug-likeness (QED) is 0.599. The molecule has 0 heterocycles. The summed E-state index contributed by atoms with van der Waals surface area (Å²) in [5.74, 6) is 6.22. The Morgan fingerprint density at radius 2 is 2.06 bits per heavy atom. The van der Waals surface area contributed by atoms with Crippen LogP contribution in [0.1, 0.15) is 44.7 Å². The predicted octanol–water partition coefficient (Wildman–Crippen LogP) is 4.32. The molecule has 0 aliphatic rings. The van der Waals surface area contributed by atoms with E-state index in [1.807, 2.05) is 12.1 Å². The maximum Gasteiger partial charge on any atom is 0.0477 e. The Kier molecular flexibility index (Phi) is 6.28. The lowest BCUT2D eigenvalue weighted by atomic mass is 9.93. The van der Waals surface area contributed by atoms with Gasteiger partial charge in [-0.1, -0.05) is 49.9 Å². The molecule has 0 saturated heterocycles. The summed E-state index contributed by atoms with van der Waals surface area (Å²) in [5.41, 5.74) is 3.81. The van der Waals surface area contributed by atoms with Crippen molar-refractivity contribution in [2.75, 3.05) is 0 Å². The molecular weight excluding hydrogens is 255 g/mol. The van der Waals surface area contributed by atoms with Gasteiger partial charge in [0.1, 0.15) is 0 Å². The number of nitrogens with two attached hydrogens (primary N) is 1. The zero-order chi connectivity index (χ0) is 12.8. The molecule has 0 fully saturated rings. The van der Waals surface area contributed by atoms with Gasteiger partial charge in [0.15, 0.2) is 0 Å². The molecule has 0 bridgehead atoms. The van der Waals surface area contributed by atoms with Gasteiger partial charge in [-0.2, -0.15) is 0 Å². The summed E-state index contributed by atoms with van der Waals surface area (Å²) < 4.78 is 0. The van der Waals surface area contributed by atoms with Gasteiger partial charge in [-0.25, -0.2) is 0 Å². The molecule has 1 rings (SSSR count). The molecule has 1 aromatic carbocycles. The molecule has 2 atom stereocenters. The van der Waals surface area contributed by atoms with Crippen LogP contribution in [-0.2, 0) is 0 Å². The monoisotopic (exact) mass is 274 g/mol. The molecule has 2 nitrogen and oxygen atoms in total. The summed E-state index contributed by atoms with van der Waals surface area (Å²) in [7, 11) is 0. The SMILES string of the molecule is CCCC(C)CC(NN)c1cc(Cl)ccc1Cl. The molecule has 2 unspecified atom stereocenters. The van der Waals surface area contributed by atoms with Crippen molar-refractivity contribution < 1.29 is 0 Å². The van der Waals surface area contributed by atoms with E-state index in [4.69, 9.17) is 29.0 Å². The van der Waals surface area contributed by atoms with Crippen molar-refractivity contribution in [3.63, 3.8) is 0 Å². The average Bonchev–Trinajstić information content (AvgIpc) is 2.30. The smallest absolute Gasteiger partial charge is 0.0477 e. The summed E-state index contributed by atoms with van der Waals surface area (Å²) in [6.45, 7) is 4.42. The van der Waals surface area contributed by atoms with Crippen molar-refractivity contribution >= 4 is 23.2 Å². The summed E-state index contributed by atoms with van der Waals surface area (Å²) in [6, 6.07) is 5.54. The number of rotatable bonds is 6. The largest absolute Gasteiger partial charge is 0.271 e. The summed E-state index contributed by atoms with van der Waals surface area (Å²) >= 11 is 12.2. The predicted molar refractivity (Wildman–Crippen MR) is 75.2 cm³/mol. The van der Waals surface area contributed by atoms with Crippen LogP contribution in [-0.4, -0.2) is 0 Å². The fourth-order valence-corrected chi connectivity index (χ4v) is 2.51. The first kappa shape index (κ1) is 14.8. The van der Waals surface area contributed by atoms with E-state index >= 15 is 0 Å². The Hall–Kier alpha value is -0.280. The van der Waals surface area contributed by atoms with Crippen molar-refractivity contribution in [3.05, 3.63) is 33.8 Å². The van der Waals surface area contributed by atoms with Gasteiger partial charge in [-0.3, -0.25) is 11.3 Å². The van der Waals surface area contributed by atoms with Crippen LogP contribution in [0.3, 0.4) is 0 Å². The van der Waals surface area contributed by atoms with Gasteiger partial charge < -0.3 is 0 Å². The third kappa shape index (κ3) is 4.47. The van der Waals surface area contributed by atoms with Gasteiger partial charge in [0, 0.05) is 16.1 Å². The maximum atomic E-state index is 6.18. The van der Waals surface area contributed by atoms with Crippen LogP contribution in [0.5, 0.6) is 0 Å². The molecule has 0 amide bonds. The van der Waals surface area contributed by atoms with Crippen LogP contribution >= 0.6 is 23.2 Å². The van der Waals surface area contributed by atoms with Crippen LogP contribution in [0.2, 0.25) is 10.0 Å². The number of hydrogen-bond acceptors (Lipinski definition) is 2. The number of hydrogen-bond donors (Lipinski definition) is 2. The van der Waals surface area contributed by atoms with Gasteiger partial charge >= 0.3 is 0 Å². The highest BCUT2D eigenvalue weighted by atomic mass is 35.5. The van der Waals surface area contributed by atoms with Crippen LogP contribution in [0.15, 0.2) is 18.2 Å². The maximum absolute atomic E-state index is 6.18. The lowest BCUT2D eigenvalue weighted by Crippen LogP contribution is -2.29. The van der Waals surface area contributed by atoms with Crippen molar-refractivity contribution in [2.45, 2.75) is 39.2 Å². The van der Waals surface area contributed by atoms with Crippen LogP contribution in [0, 0.1) is 5.92 Å². The summed E-state index contributed by atoms with van der Waals surface area (Å²) in [6.07, 6.45) is 3.34. The van der Waals surface area contributed by atoms with E-state index in [2.05, 4.69) is 19.3 Å². The minimum atomic E-state index is 0.0581. The second kappa shape index (κ2) is 7.22. The summed E-state index contributed by atoms with van der Waals surface area (Å²) in [5, 5.41) is 1.40. The first-order valence-electron chi connectivity index (χ1n) is 5.99. The molecule has 1 aromatic rings. The Morgan fingerprint density at radius 3 is 2.65 bits per heavy atom. The fourth-order valence-electron chi connectivity index (χ4n) is 2.08. The van der Waals surface area contributed by atoms with Crippen LogP contribution in [0.25, 0.3) is 0 Å². The first-order valence-corrected chi connectivity index (χ1v) is 6.75. The molecule has 17 heavy (non-hydrogen) atoms. The minimum absolute atomic E-state index is 0.0581. The highest BCUT2D eigenvalue weighted by molar-refractivity contribution is 6.33. The molecule has 96 valence electrons. The fraction of sp³-hybridized carbons (Fsp3) is 0.538. The molecular formula is C13H20Cl2N2. The van der Waals surface area contributed by atoms with E-state index < -0.39 is 0 Å². The first-order chi connectivity index (χ1) is 8.08. The third-order valence-electron chi connectivity index (χ3n) is 2.95. The van der Waals surface area contributed by atoms with Crippen molar-refractivity contribution in [1.82, 2.24) is 5.43 Å². The van der Waals surface area contributed by atoms with Crippen molar-refractivity contribution in [3.8, 4) is 0 Å². The van der Waals surface area contributed by atoms with Crippen molar-refractivity contribution in [2.24, 2.45) is 11.8 Å². The normalized spacial score (nSPS) is 14.6. The molecule has 0 aromatic heterocycles. The van der Waals surface area contributed by atoms with Gasteiger partial charge in [0.25, 0.3) is 0 Å². The van der Waals surface area contributed by atoms with Crippen molar-refractivity contribution in [1.29, 1.82) is 0 Å². The molecule has 0 saturated carbocycles. The second-order valence-electron chi connectivity index (χ2n) is 4.51. The summed E-state index contributed by atoms with van der Waals surface area (Å²) in [4.78, 5) is 0. The highest BCUT2D eigenvalue weighted by Gasteiger charge is 2.16. The van der Waals surface area contributed by atoms with E-state index in [9.17, 15) is 0 Å². The van der Waals surface area contributed by atoms with Crippen LogP contribution in [0.4, 0.5) is 0 Å². The van der Waals surface area contributed by atoms with Crippen LogP contribution < -0.4 is 11.3 Å². The number of hydrazine groups is 1. The molecule has 4 heteroatoms. The van der Waals surface area contributed by atoms with E-state index in [0.717, 1.165) is 12.0 Å². The van der Waals surface area contributed by atoms with E-state index in [0.29, 0.717) is 16.0 Å². The molecule has 0 aliphatic carbocycles. The Bertz CT molecular complexity index is 355. The second-order valence-corrected chi connectivity index (χ2v) is 5.36. The highest BCUT2D eigenvalue weighted by Crippen LogP contribution is 2.30. The zero-order valence-corrected chi connectivity index (χ0v) is 11.9. The topological polar surface area (TPSA) is 38.0 Å². The van der Waals surface area contributed by atoms with E-state index in [-0.39, 0.29) is 6.04 Å². The third-order valence-corrected chi connectivity index (χ3v) is 3.53. The molecule has 0 spiro atoms. The van der Waals surface area contributed by atoms with Gasteiger partial charge in [-0.15, -0.1) is 0 Å². The van der Waals surface area contributed by atoms with E-state index in [1.54, 1.807) is 6.07 Å². The van der Waals surface area contributed by atoms with Gasteiger partial charge in [0.2, 0.25) is 0 Å². The molecule has 0 radical (unpaired) electrons. The standard InChI is InChI=1S/C13H20Cl2N2/c1-3-4-9(2)7-13(17-16)11-8-10(14)5-6-12(11)15/h5-6,8-9,13,17H,3-4,7,16H2,1-2H3. The van der Waals surface area contributed by atoms with E-state index in [1.165, 1.54) is 12.8 Å². The Balaban J connectivity index is 2.82. The van der Waals surface area contributed by atoms with Gasteiger partial charge in [0.05, 0.1) is 0 Å². The number of nitrogens with one attached hydrogen (secondary N) is 1. The molecule has 3 N–H and O–H groups in total. The zero-order valence-electron chi connectivity index (χ0n) is 10.3. The lowest BCUT2D eigenvalue weighted by Gasteiger charge is -2.21. The Morgan fingerprint density at radius 1 is 1.35 bits per heavy atom. The average molecular weight is 275 g/mol. The lowest BCUT2D eigenvalue weighted by molar-refractivity contribution is 0.395. The number of halogens is 2. The molecule has 0 aliphatic heterocycles.